The molecule has 1 N–H and O–H groups in total. The van der Waals surface area contributed by atoms with Crippen molar-refractivity contribution in [3.8, 4) is 0 Å². The molecule has 0 bridgehead atoms. The zero-order valence-corrected chi connectivity index (χ0v) is 9.67. The molecule has 0 aliphatic heterocycles. The van der Waals surface area contributed by atoms with Crippen LogP contribution in [0.25, 0.3) is 0 Å². The Bertz CT molecular complexity index is 198. The van der Waals surface area contributed by atoms with E-state index in [1.54, 1.807) is 7.05 Å². The van der Waals surface area contributed by atoms with Crippen LogP contribution in [0.3, 0.4) is 0 Å². The Kier molecular flexibility index (Phi) is 15.2. The summed E-state index contributed by atoms with van der Waals surface area (Å²) < 4.78 is 4.56. The zero-order chi connectivity index (χ0) is 11.5. The molecular formula is C11H22NNaO3. The molecule has 0 aliphatic carbocycles. The quantitative estimate of drug-likeness (QED) is 0.297. The Labute approximate surface area is 120 Å². The molecule has 0 radical (unpaired) electrons. The minimum absolute atomic E-state index is 0. The summed E-state index contributed by atoms with van der Waals surface area (Å²) in [7, 11) is 1.64. The van der Waals surface area contributed by atoms with Gasteiger partial charge in [-0.15, -0.1) is 0 Å². The first-order valence-electron chi connectivity index (χ1n) is 5.58. The standard InChI is InChI=1S/C11H21NO3.Na.H/c1-3-4-5-6-7-8-10(13)15-11(14)9-12-2;;/h12H,3-9H2,1-2H3;;. The number of carbonyl (C=O) groups excluding carboxylic acids is 2. The Balaban J connectivity index is 0. The van der Waals surface area contributed by atoms with Crippen LogP contribution >= 0.6 is 0 Å². The monoisotopic (exact) mass is 239 g/mol. The third kappa shape index (κ3) is 12.2. The fourth-order valence-electron chi connectivity index (χ4n) is 1.23. The van der Waals surface area contributed by atoms with E-state index < -0.39 is 11.9 Å². The van der Waals surface area contributed by atoms with E-state index in [0.717, 1.165) is 19.3 Å². The van der Waals surface area contributed by atoms with Gasteiger partial charge in [-0.25, -0.2) is 0 Å². The van der Waals surface area contributed by atoms with Gasteiger partial charge < -0.3 is 10.1 Å². The number of unbranched alkanes of at least 4 members (excludes halogenated alkanes) is 4. The van der Waals surface area contributed by atoms with E-state index in [1.807, 2.05) is 0 Å². The van der Waals surface area contributed by atoms with Crippen LogP contribution in [-0.4, -0.2) is 55.1 Å². The molecule has 0 spiro atoms. The molecule has 0 fully saturated rings. The second kappa shape index (κ2) is 13.2. The van der Waals surface area contributed by atoms with Gasteiger partial charge in [-0.3, -0.25) is 9.59 Å². The second-order valence-corrected chi connectivity index (χ2v) is 3.54. The third-order valence-corrected chi connectivity index (χ3v) is 2.03. The Morgan fingerprint density at radius 2 is 1.69 bits per heavy atom. The summed E-state index contributed by atoms with van der Waals surface area (Å²) >= 11 is 0. The Hall–Kier alpha value is 0.1000. The fraction of sp³-hybridized carbons (Fsp3) is 0.818. The van der Waals surface area contributed by atoms with Crippen LogP contribution in [0.5, 0.6) is 0 Å². The van der Waals surface area contributed by atoms with Crippen molar-refractivity contribution < 1.29 is 14.3 Å². The molecule has 16 heavy (non-hydrogen) atoms. The van der Waals surface area contributed by atoms with Gasteiger partial charge in [-0.05, 0) is 13.5 Å². The van der Waals surface area contributed by atoms with Crippen molar-refractivity contribution in [1.82, 2.24) is 5.32 Å². The number of hydrogen-bond donors (Lipinski definition) is 1. The van der Waals surface area contributed by atoms with Gasteiger partial charge >= 0.3 is 41.5 Å². The van der Waals surface area contributed by atoms with Gasteiger partial charge in [0.05, 0.1) is 6.54 Å². The van der Waals surface area contributed by atoms with Crippen LogP contribution in [0.4, 0.5) is 0 Å². The molecule has 4 nitrogen and oxygen atoms in total. The van der Waals surface area contributed by atoms with Gasteiger partial charge in [0.15, 0.2) is 0 Å². The van der Waals surface area contributed by atoms with Crippen LogP contribution in [0.2, 0.25) is 0 Å². The molecule has 0 aromatic rings. The molecule has 0 amide bonds. The first kappa shape index (κ1) is 18.5. The number of nitrogens with one attached hydrogen (secondary N) is 1. The summed E-state index contributed by atoms with van der Waals surface area (Å²) in [5.74, 6) is -0.914. The van der Waals surface area contributed by atoms with Crippen LogP contribution in [0.15, 0.2) is 0 Å². The first-order valence-corrected chi connectivity index (χ1v) is 5.58. The number of hydrogen-bond acceptors (Lipinski definition) is 4. The molecule has 0 atom stereocenters. The predicted molar refractivity (Wildman–Crippen MR) is 65.6 cm³/mol. The molecule has 0 saturated heterocycles. The van der Waals surface area contributed by atoms with E-state index in [-0.39, 0.29) is 36.1 Å². The molecule has 0 aliphatic rings. The summed E-state index contributed by atoms with van der Waals surface area (Å²) in [6.45, 7) is 2.23. The van der Waals surface area contributed by atoms with Gasteiger partial charge in [-0.2, -0.15) is 0 Å². The number of ether oxygens (including phenoxy) is 1. The predicted octanol–water partition coefficient (Wildman–Crippen LogP) is 0.988. The van der Waals surface area contributed by atoms with Crippen LogP contribution in [0.1, 0.15) is 45.4 Å². The van der Waals surface area contributed by atoms with Crippen LogP contribution in [0, 0.1) is 0 Å². The normalized spacial score (nSPS) is 9.38. The molecule has 0 heterocycles. The van der Waals surface area contributed by atoms with Crippen molar-refractivity contribution in [1.29, 1.82) is 0 Å². The summed E-state index contributed by atoms with van der Waals surface area (Å²) in [4.78, 5) is 22.0. The van der Waals surface area contributed by atoms with Crippen molar-refractivity contribution in [2.75, 3.05) is 13.6 Å². The molecule has 0 aromatic carbocycles. The maximum absolute atomic E-state index is 11.1. The molecule has 0 rings (SSSR count). The fourth-order valence-corrected chi connectivity index (χ4v) is 1.23. The average molecular weight is 239 g/mol. The van der Waals surface area contributed by atoms with Gasteiger partial charge in [0.25, 0.3) is 0 Å². The van der Waals surface area contributed by atoms with Crippen molar-refractivity contribution in [2.45, 2.75) is 45.4 Å². The molecule has 0 aromatic heterocycles. The number of likely N-dealkylation sites (N-methyl/N-ethyl adjacent to an activating group) is 1. The van der Waals surface area contributed by atoms with Crippen LogP contribution < -0.4 is 5.32 Å². The van der Waals surface area contributed by atoms with E-state index >= 15 is 0 Å². The van der Waals surface area contributed by atoms with E-state index in [2.05, 4.69) is 17.0 Å². The molecular weight excluding hydrogens is 217 g/mol. The van der Waals surface area contributed by atoms with Gasteiger partial charge in [0, 0.05) is 6.42 Å². The number of rotatable bonds is 8. The maximum atomic E-state index is 11.1. The van der Waals surface area contributed by atoms with Crippen molar-refractivity contribution >= 4 is 41.5 Å². The zero-order valence-electron chi connectivity index (χ0n) is 9.67. The SMILES string of the molecule is CCCCCCCC(=O)OC(=O)CNC.[NaH]. The molecule has 5 heteroatoms. The van der Waals surface area contributed by atoms with Crippen molar-refractivity contribution in [3.05, 3.63) is 0 Å². The van der Waals surface area contributed by atoms with Crippen molar-refractivity contribution in [2.24, 2.45) is 0 Å². The third-order valence-electron chi connectivity index (χ3n) is 2.03. The van der Waals surface area contributed by atoms with E-state index in [1.165, 1.54) is 12.8 Å². The number of carbonyl (C=O) groups is 2. The summed E-state index contributed by atoms with van der Waals surface area (Å²) in [6, 6.07) is 0. The summed E-state index contributed by atoms with van der Waals surface area (Å²) in [5, 5.41) is 2.63. The van der Waals surface area contributed by atoms with E-state index in [9.17, 15) is 9.59 Å². The van der Waals surface area contributed by atoms with Gasteiger partial charge in [-0.1, -0.05) is 32.6 Å². The Morgan fingerprint density at radius 1 is 1.06 bits per heavy atom. The summed E-state index contributed by atoms with van der Waals surface area (Å²) in [6.07, 6.45) is 5.72. The molecule has 90 valence electrons. The molecule has 0 saturated carbocycles. The number of esters is 2. The summed E-state index contributed by atoms with van der Waals surface area (Å²) in [5.41, 5.74) is 0. The Morgan fingerprint density at radius 3 is 2.25 bits per heavy atom. The second-order valence-electron chi connectivity index (χ2n) is 3.54. The van der Waals surface area contributed by atoms with Crippen molar-refractivity contribution in [3.63, 3.8) is 0 Å². The van der Waals surface area contributed by atoms with Gasteiger partial charge in [0.2, 0.25) is 0 Å². The first-order chi connectivity index (χ1) is 7.20. The minimum atomic E-state index is -0.504. The average Bonchev–Trinajstić information content (AvgIpc) is 2.17. The van der Waals surface area contributed by atoms with Crippen LogP contribution in [-0.2, 0) is 14.3 Å². The van der Waals surface area contributed by atoms with E-state index in [0.29, 0.717) is 6.42 Å². The van der Waals surface area contributed by atoms with E-state index in [4.69, 9.17) is 0 Å². The topological polar surface area (TPSA) is 55.4 Å². The molecule has 0 unspecified atom stereocenters. The van der Waals surface area contributed by atoms with Gasteiger partial charge in [0.1, 0.15) is 0 Å².